The summed E-state index contributed by atoms with van der Waals surface area (Å²) in [5, 5.41) is 9.68. The number of aliphatic carboxylic acids is 1. The summed E-state index contributed by atoms with van der Waals surface area (Å²) in [4.78, 5) is 25.8. The van der Waals surface area contributed by atoms with Gasteiger partial charge in [0, 0.05) is 26.8 Å². The zero-order chi connectivity index (χ0) is 19.4. The zero-order valence-corrected chi connectivity index (χ0v) is 14.5. The molecule has 0 saturated carbocycles. The van der Waals surface area contributed by atoms with Gasteiger partial charge in [0.05, 0.1) is 16.5 Å². The highest BCUT2D eigenvalue weighted by Gasteiger charge is 2.44. The lowest BCUT2D eigenvalue weighted by Crippen LogP contribution is -2.50. The highest BCUT2D eigenvalue weighted by molar-refractivity contribution is 5.96. The molecule has 0 aromatic heterocycles. The van der Waals surface area contributed by atoms with Crippen LogP contribution in [0.15, 0.2) is 24.3 Å². The first-order valence-corrected chi connectivity index (χ1v) is 8.39. The van der Waals surface area contributed by atoms with Crippen LogP contribution in [0.1, 0.15) is 41.6 Å². The van der Waals surface area contributed by atoms with Gasteiger partial charge in [-0.25, -0.2) is 0 Å². The molecule has 0 bridgehead atoms. The fourth-order valence-corrected chi connectivity index (χ4v) is 3.43. The van der Waals surface area contributed by atoms with E-state index in [4.69, 9.17) is 4.74 Å². The molecule has 1 saturated heterocycles. The maximum absolute atomic E-state index is 13.2. The Morgan fingerprint density at radius 1 is 1.31 bits per heavy atom. The third kappa shape index (κ3) is 4.35. The van der Waals surface area contributed by atoms with Crippen LogP contribution in [0.3, 0.4) is 0 Å². The Hall–Kier alpha value is -2.09. The van der Waals surface area contributed by atoms with Crippen LogP contribution in [-0.4, -0.2) is 48.7 Å². The van der Waals surface area contributed by atoms with E-state index in [0.29, 0.717) is 32.3 Å². The van der Waals surface area contributed by atoms with Gasteiger partial charge in [-0.1, -0.05) is 12.1 Å². The lowest BCUT2D eigenvalue weighted by atomic mass is 9.76. The molecule has 5 nitrogen and oxygen atoms in total. The van der Waals surface area contributed by atoms with Gasteiger partial charge in [0.25, 0.3) is 5.91 Å². The van der Waals surface area contributed by atoms with Gasteiger partial charge in [0.1, 0.15) is 0 Å². The number of alkyl halides is 3. The number of carbonyl (C=O) groups is 2. The minimum absolute atomic E-state index is 0.100. The molecule has 0 spiro atoms. The number of halogens is 3. The molecule has 1 N–H and O–H groups in total. The molecule has 0 radical (unpaired) electrons. The molecule has 0 aliphatic carbocycles. The Morgan fingerprint density at radius 3 is 2.62 bits per heavy atom. The van der Waals surface area contributed by atoms with Crippen molar-refractivity contribution in [1.82, 2.24) is 4.90 Å². The standard InChI is InChI=1S/C18H22F3NO4/c1-26-11-5-9-17(16(24)25)8-4-10-22(12-17)15(23)13-6-2-3-7-14(13)18(19,20)21/h2-3,6-7H,4-5,8-12H2,1H3,(H,24,25)/t17-/m1/s1. The summed E-state index contributed by atoms with van der Waals surface area (Å²) in [5.41, 5.74) is -2.60. The van der Waals surface area contributed by atoms with Gasteiger partial charge in [0.2, 0.25) is 0 Å². The smallest absolute Gasteiger partial charge is 0.417 e. The number of benzene rings is 1. The fourth-order valence-electron chi connectivity index (χ4n) is 3.43. The van der Waals surface area contributed by atoms with E-state index >= 15 is 0 Å². The highest BCUT2D eigenvalue weighted by atomic mass is 19.4. The van der Waals surface area contributed by atoms with Crippen molar-refractivity contribution in [3.05, 3.63) is 35.4 Å². The molecule has 144 valence electrons. The molecule has 1 amide bonds. The highest BCUT2D eigenvalue weighted by Crippen LogP contribution is 2.37. The predicted octanol–water partition coefficient (Wildman–Crippen LogP) is 3.44. The van der Waals surface area contributed by atoms with Gasteiger partial charge >= 0.3 is 12.1 Å². The molecule has 0 unspecified atom stereocenters. The van der Waals surface area contributed by atoms with Gasteiger partial charge in [-0.3, -0.25) is 9.59 Å². The van der Waals surface area contributed by atoms with Crippen molar-refractivity contribution in [2.24, 2.45) is 5.41 Å². The van der Waals surface area contributed by atoms with Crippen molar-refractivity contribution in [2.75, 3.05) is 26.8 Å². The zero-order valence-electron chi connectivity index (χ0n) is 14.5. The molecule has 1 fully saturated rings. The van der Waals surface area contributed by atoms with Crippen LogP contribution < -0.4 is 0 Å². The van der Waals surface area contributed by atoms with Gasteiger partial charge in [-0.05, 0) is 37.8 Å². The van der Waals surface area contributed by atoms with Crippen LogP contribution in [0.4, 0.5) is 13.2 Å². The molecule has 8 heteroatoms. The number of carboxylic acid groups (broad SMARTS) is 1. The molecule has 1 atom stereocenters. The Bertz CT molecular complexity index is 662. The Balaban J connectivity index is 2.26. The van der Waals surface area contributed by atoms with Gasteiger partial charge < -0.3 is 14.7 Å². The summed E-state index contributed by atoms with van der Waals surface area (Å²) < 4.78 is 44.5. The van der Waals surface area contributed by atoms with E-state index in [1.807, 2.05) is 0 Å². The molecule has 2 rings (SSSR count). The first-order valence-electron chi connectivity index (χ1n) is 8.39. The lowest BCUT2D eigenvalue weighted by Gasteiger charge is -2.40. The number of likely N-dealkylation sites (tertiary alicyclic amines) is 1. The van der Waals surface area contributed by atoms with Gasteiger partial charge in [-0.15, -0.1) is 0 Å². The average molecular weight is 373 g/mol. The third-order valence-corrected chi connectivity index (χ3v) is 4.78. The summed E-state index contributed by atoms with van der Waals surface area (Å²) in [6.07, 6.45) is -3.02. The Labute approximate surface area is 149 Å². The Morgan fingerprint density at radius 2 is 2.00 bits per heavy atom. The normalized spacial score (nSPS) is 20.8. The molecular weight excluding hydrogens is 351 g/mol. The minimum atomic E-state index is -4.65. The largest absolute Gasteiger partial charge is 0.481 e. The molecule has 1 aliphatic rings. The molecule has 26 heavy (non-hydrogen) atoms. The van der Waals surface area contributed by atoms with Crippen molar-refractivity contribution in [3.63, 3.8) is 0 Å². The Kier molecular flexibility index (Phi) is 6.28. The van der Waals surface area contributed by atoms with Crippen molar-refractivity contribution in [3.8, 4) is 0 Å². The lowest BCUT2D eigenvalue weighted by molar-refractivity contribution is -0.152. The molecular formula is C18H22F3NO4. The summed E-state index contributed by atoms with van der Waals surface area (Å²) in [6.45, 7) is 0.529. The van der Waals surface area contributed by atoms with Crippen LogP contribution in [0.2, 0.25) is 0 Å². The van der Waals surface area contributed by atoms with Gasteiger partial charge in [-0.2, -0.15) is 13.2 Å². The number of carboxylic acids is 1. The molecule has 1 heterocycles. The van der Waals surface area contributed by atoms with E-state index in [1.54, 1.807) is 0 Å². The summed E-state index contributed by atoms with van der Waals surface area (Å²) >= 11 is 0. The number of methoxy groups -OCH3 is 1. The monoisotopic (exact) mass is 373 g/mol. The minimum Gasteiger partial charge on any atom is -0.481 e. The van der Waals surface area contributed by atoms with Crippen molar-refractivity contribution < 1.29 is 32.6 Å². The van der Waals surface area contributed by atoms with Crippen molar-refractivity contribution in [2.45, 2.75) is 31.9 Å². The number of hydrogen-bond donors (Lipinski definition) is 1. The van der Waals surface area contributed by atoms with E-state index in [0.717, 1.165) is 12.1 Å². The summed E-state index contributed by atoms with van der Waals surface area (Å²) in [6, 6.07) is 4.59. The molecule has 1 aromatic carbocycles. The first kappa shape index (κ1) is 20.2. The van der Waals surface area contributed by atoms with Crippen LogP contribution in [0.5, 0.6) is 0 Å². The maximum atomic E-state index is 13.2. The average Bonchev–Trinajstić information content (AvgIpc) is 2.60. The van der Waals surface area contributed by atoms with E-state index in [9.17, 15) is 27.9 Å². The van der Waals surface area contributed by atoms with Crippen molar-refractivity contribution >= 4 is 11.9 Å². The second-order valence-electron chi connectivity index (χ2n) is 6.56. The van der Waals surface area contributed by atoms with Crippen LogP contribution >= 0.6 is 0 Å². The van der Waals surface area contributed by atoms with Crippen LogP contribution in [-0.2, 0) is 15.7 Å². The predicted molar refractivity (Wildman–Crippen MR) is 87.8 cm³/mol. The maximum Gasteiger partial charge on any atom is 0.417 e. The number of rotatable bonds is 6. The molecule has 1 aromatic rings. The number of hydrogen-bond acceptors (Lipinski definition) is 3. The third-order valence-electron chi connectivity index (χ3n) is 4.78. The number of amides is 1. The van der Waals surface area contributed by atoms with E-state index < -0.39 is 34.6 Å². The number of nitrogens with zero attached hydrogens (tertiary/aromatic N) is 1. The SMILES string of the molecule is COCCC[C@]1(C(=O)O)CCCN(C(=O)c2ccccc2C(F)(F)F)C1. The molecule has 1 aliphatic heterocycles. The summed E-state index contributed by atoms with van der Waals surface area (Å²) in [5.74, 6) is -1.81. The number of ether oxygens (including phenoxy) is 1. The second kappa shape index (κ2) is 8.07. The number of carbonyl (C=O) groups excluding carboxylic acids is 1. The van der Waals surface area contributed by atoms with E-state index in [1.165, 1.54) is 24.1 Å². The summed E-state index contributed by atoms with van der Waals surface area (Å²) in [7, 11) is 1.51. The fraction of sp³-hybridized carbons (Fsp3) is 0.556. The van der Waals surface area contributed by atoms with Crippen molar-refractivity contribution in [1.29, 1.82) is 0 Å². The first-order chi connectivity index (χ1) is 12.2. The quantitative estimate of drug-likeness (QED) is 0.776. The van der Waals surface area contributed by atoms with Crippen LogP contribution in [0.25, 0.3) is 0 Å². The topological polar surface area (TPSA) is 66.8 Å². The van der Waals surface area contributed by atoms with Crippen LogP contribution in [0, 0.1) is 5.41 Å². The van der Waals surface area contributed by atoms with E-state index in [-0.39, 0.29) is 13.1 Å². The van der Waals surface area contributed by atoms with Gasteiger partial charge in [0.15, 0.2) is 0 Å². The number of piperidine rings is 1. The van der Waals surface area contributed by atoms with E-state index in [2.05, 4.69) is 0 Å². The second-order valence-corrected chi connectivity index (χ2v) is 6.56.